The van der Waals surface area contributed by atoms with Crippen molar-refractivity contribution in [1.29, 1.82) is 0 Å². The summed E-state index contributed by atoms with van der Waals surface area (Å²) in [7, 11) is -3.99. The number of aryl methyl sites for hydroxylation is 1. The van der Waals surface area contributed by atoms with Gasteiger partial charge >= 0.3 is 16.1 Å². The van der Waals surface area contributed by atoms with Crippen LogP contribution in [0.25, 0.3) is 5.76 Å². The highest BCUT2D eigenvalue weighted by atomic mass is 32.2. The summed E-state index contributed by atoms with van der Waals surface area (Å²) in [5.41, 5.74) is 1.01. The number of allylic oxidation sites excluding steroid dienone is 1. The summed E-state index contributed by atoms with van der Waals surface area (Å²) < 4.78 is 36.0. The standard InChI is InChI=1S/C22H26O5S/c1-17-13-15-19(16-14-17)28(24,25)27-20(18-9-6-5-7-10-18)11-8-12-21(23)26-22(2,3)4/h5-7,9-11,13-16H,8,12H2,1-4H3/b20-11-. The van der Waals surface area contributed by atoms with Crippen LogP contribution in [0.3, 0.4) is 0 Å². The van der Waals surface area contributed by atoms with Gasteiger partial charge in [0.2, 0.25) is 0 Å². The summed E-state index contributed by atoms with van der Waals surface area (Å²) >= 11 is 0. The number of esters is 1. The van der Waals surface area contributed by atoms with Crippen LogP contribution in [0.15, 0.2) is 65.6 Å². The Balaban J connectivity index is 2.21. The van der Waals surface area contributed by atoms with E-state index < -0.39 is 15.7 Å². The van der Waals surface area contributed by atoms with E-state index in [0.29, 0.717) is 12.0 Å². The first-order valence-electron chi connectivity index (χ1n) is 9.05. The Hall–Kier alpha value is -2.60. The van der Waals surface area contributed by atoms with E-state index in [1.807, 2.05) is 13.0 Å². The molecule has 0 aliphatic rings. The number of ether oxygens (including phenoxy) is 1. The molecule has 5 nitrogen and oxygen atoms in total. The molecule has 0 saturated heterocycles. The summed E-state index contributed by atoms with van der Waals surface area (Å²) in [5.74, 6) is -0.165. The monoisotopic (exact) mass is 402 g/mol. The Bertz CT molecular complexity index is 921. The second kappa shape index (κ2) is 9.06. The van der Waals surface area contributed by atoms with Crippen LogP contribution in [0.1, 0.15) is 44.7 Å². The van der Waals surface area contributed by atoms with Crippen LogP contribution < -0.4 is 0 Å². The molecule has 0 aliphatic heterocycles. The van der Waals surface area contributed by atoms with E-state index >= 15 is 0 Å². The van der Waals surface area contributed by atoms with Crippen molar-refractivity contribution in [3.05, 3.63) is 71.8 Å². The Labute approximate surface area is 167 Å². The van der Waals surface area contributed by atoms with Crippen molar-refractivity contribution in [2.45, 2.75) is 51.0 Å². The second-order valence-corrected chi connectivity index (χ2v) is 8.96. The zero-order valence-electron chi connectivity index (χ0n) is 16.6. The minimum Gasteiger partial charge on any atom is -0.460 e. The summed E-state index contributed by atoms with van der Waals surface area (Å²) in [6, 6.07) is 15.4. The molecule has 6 heteroatoms. The second-order valence-electron chi connectivity index (χ2n) is 7.41. The van der Waals surface area contributed by atoms with Crippen LogP contribution in [0.5, 0.6) is 0 Å². The molecule has 2 rings (SSSR count). The highest BCUT2D eigenvalue weighted by Gasteiger charge is 2.19. The van der Waals surface area contributed by atoms with Gasteiger partial charge in [-0.15, -0.1) is 0 Å². The molecule has 0 radical (unpaired) electrons. The first kappa shape index (κ1) is 21.7. The van der Waals surface area contributed by atoms with Crippen LogP contribution in [0, 0.1) is 6.92 Å². The van der Waals surface area contributed by atoms with E-state index in [4.69, 9.17) is 8.92 Å². The smallest absolute Gasteiger partial charge is 0.339 e. The van der Waals surface area contributed by atoms with Gasteiger partial charge in [0.05, 0.1) is 0 Å². The number of hydrogen-bond donors (Lipinski definition) is 0. The summed E-state index contributed by atoms with van der Waals surface area (Å²) in [6.07, 6.45) is 2.02. The normalized spacial score (nSPS) is 12.5. The number of hydrogen-bond acceptors (Lipinski definition) is 5. The van der Waals surface area contributed by atoms with Crippen LogP contribution in [-0.4, -0.2) is 20.0 Å². The van der Waals surface area contributed by atoms with Crippen molar-refractivity contribution < 1.29 is 22.1 Å². The summed E-state index contributed by atoms with van der Waals surface area (Å²) in [4.78, 5) is 12.0. The molecule has 28 heavy (non-hydrogen) atoms. The largest absolute Gasteiger partial charge is 0.460 e. The molecule has 0 spiro atoms. The molecule has 0 fully saturated rings. The minimum absolute atomic E-state index is 0.0760. The highest BCUT2D eigenvalue weighted by Crippen LogP contribution is 2.24. The third kappa shape index (κ3) is 6.85. The lowest BCUT2D eigenvalue weighted by Gasteiger charge is -2.19. The van der Waals surface area contributed by atoms with Gasteiger partial charge in [-0.1, -0.05) is 48.0 Å². The maximum atomic E-state index is 12.7. The third-order valence-corrected chi connectivity index (χ3v) is 4.91. The maximum Gasteiger partial charge on any atom is 0.339 e. The zero-order chi connectivity index (χ0) is 20.8. The Kier molecular flexibility index (Phi) is 7.02. The zero-order valence-corrected chi connectivity index (χ0v) is 17.5. The van der Waals surface area contributed by atoms with Crippen LogP contribution in [0.2, 0.25) is 0 Å². The van der Waals surface area contributed by atoms with E-state index in [1.54, 1.807) is 63.2 Å². The Morgan fingerprint density at radius 1 is 1.00 bits per heavy atom. The molecule has 0 N–H and O–H groups in total. The van der Waals surface area contributed by atoms with E-state index in [9.17, 15) is 13.2 Å². The van der Waals surface area contributed by atoms with Crippen molar-refractivity contribution in [3.8, 4) is 0 Å². The fourth-order valence-corrected chi connectivity index (χ4v) is 3.35. The molecule has 0 amide bonds. The molecule has 0 unspecified atom stereocenters. The molecule has 0 aromatic heterocycles. The molecule has 150 valence electrons. The van der Waals surface area contributed by atoms with Gasteiger partial charge in [-0.2, -0.15) is 8.42 Å². The fourth-order valence-electron chi connectivity index (χ4n) is 2.39. The molecular weight excluding hydrogens is 376 g/mol. The topological polar surface area (TPSA) is 69.7 Å². The average Bonchev–Trinajstić information content (AvgIpc) is 2.60. The first-order chi connectivity index (χ1) is 13.1. The average molecular weight is 403 g/mol. The van der Waals surface area contributed by atoms with Crippen LogP contribution in [0.4, 0.5) is 0 Å². The fraction of sp³-hybridized carbons (Fsp3) is 0.318. The van der Waals surface area contributed by atoms with Gasteiger partial charge in [-0.3, -0.25) is 4.79 Å². The molecule has 0 atom stereocenters. The van der Waals surface area contributed by atoms with Crippen molar-refractivity contribution in [2.75, 3.05) is 0 Å². The molecule has 0 saturated carbocycles. The molecule has 0 heterocycles. The van der Waals surface area contributed by atoms with Crippen LogP contribution >= 0.6 is 0 Å². The van der Waals surface area contributed by atoms with E-state index in [1.165, 1.54) is 12.1 Å². The van der Waals surface area contributed by atoms with Gasteiger partial charge in [-0.25, -0.2) is 0 Å². The Morgan fingerprint density at radius 2 is 1.61 bits per heavy atom. The van der Waals surface area contributed by atoms with E-state index in [0.717, 1.165) is 5.56 Å². The lowest BCUT2D eigenvalue weighted by atomic mass is 10.1. The lowest BCUT2D eigenvalue weighted by Crippen LogP contribution is -2.23. The molecule has 0 aliphatic carbocycles. The quantitative estimate of drug-likeness (QED) is 0.376. The van der Waals surface area contributed by atoms with Gasteiger partial charge in [0.15, 0.2) is 0 Å². The van der Waals surface area contributed by atoms with Crippen molar-refractivity contribution >= 4 is 21.8 Å². The van der Waals surface area contributed by atoms with Gasteiger partial charge in [0, 0.05) is 12.0 Å². The number of carbonyl (C=O) groups excluding carboxylic acids is 1. The minimum atomic E-state index is -3.99. The first-order valence-corrected chi connectivity index (χ1v) is 10.5. The van der Waals surface area contributed by atoms with Crippen molar-refractivity contribution in [2.24, 2.45) is 0 Å². The van der Waals surface area contributed by atoms with Gasteiger partial charge in [0.25, 0.3) is 0 Å². The SMILES string of the molecule is Cc1ccc(S(=O)(=O)O/C(=C\CCC(=O)OC(C)(C)C)c2ccccc2)cc1. The number of rotatable bonds is 7. The van der Waals surface area contributed by atoms with E-state index in [2.05, 4.69) is 0 Å². The highest BCUT2D eigenvalue weighted by molar-refractivity contribution is 7.87. The van der Waals surface area contributed by atoms with Gasteiger partial charge in [-0.05, 0) is 52.3 Å². The number of benzene rings is 2. The number of carbonyl (C=O) groups is 1. The lowest BCUT2D eigenvalue weighted by molar-refractivity contribution is -0.154. The summed E-state index contributed by atoms with van der Waals surface area (Å²) in [5, 5.41) is 0. The summed E-state index contributed by atoms with van der Waals surface area (Å²) in [6.45, 7) is 7.28. The van der Waals surface area contributed by atoms with Gasteiger partial charge in [0.1, 0.15) is 16.3 Å². The predicted molar refractivity (Wildman–Crippen MR) is 109 cm³/mol. The molecule has 2 aromatic rings. The predicted octanol–water partition coefficient (Wildman–Crippen LogP) is 4.86. The molecular formula is C22H26O5S. The third-order valence-electron chi connectivity index (χ3n) is 3.67. The van der Waals surface area contributed by atoms with E-state index in [-0.39, 0.29) is 23.0 Å². The van der Waals surface area contributed by atoms with Crippen molar-refractivity contribution in [3.63, 3.8) is 0 Å². The maximum absolute atomic E-state index is 12.7. The molecule has 2 aromatic carbocycles. The van der Waals surface area contributed by atoms with Crippen LogP contribution in [-0.2, 0) is 23.8 Å². The Morgan fingerprint density at radius 3 is 2.18 bits per heavy atom. The molecule has 0 bridgehead atoms. The van der Waals surface area contributed by atoms with Gasteiger partial charge < -0.3 is 8.92 Å². The van der Waals surface area contributed by atoms with Crippen molar-refractivity contribution in [1.82, 2.24) is 0 Å².